The lowest BCUT2D eigenvalue weighted by Gasteiger charge is -2.15. The van der Waals surface area contributed by atoms with Gasteiger partial charge in [0.15, 0.2) is 5.96 Å². The van der Waals surface area contributed by atoms with Gasteiger partial charge < -0.3 is 31.9 Å². The number of benzene rings is 2. The predicted molar refractivity (Wildman–Crippen MR) is 121 cm³/mol. The van der Waals surface area contributed by atoms with Gasteiger partial charge in [-0.2, -0.15) is 0 Å². The van der Waals surface area contributed by atoms with Crippen LogP contribution in [0.1, 0.15) is 29.3 Å². The maximum absolute atomic E-state index is 12.5. The van der Waals surface area contributed by atoms with Crippen LogP contribution in [-0.4, -0.2) is 41.7 Å². The highest BCUT2D eigenvalue weighted by Gasteiger charge is 2.21. The van der Waals surface area contributed by atoms with E-state index in [1.165, 1.54) is 12.1 Å². The van der Waals surface area contributed by atoms with E-state index in [0.29, 0.717) is 28.9 Å². The number of carbonyl (C=O) groups is 3. The van der Waals surface area contributed by atoms with Gasteiger partial charge in [0.2, 0.25) is 0 Å². The Balaban J connectivity index is 2.09. The normalized spacial score (nSPS) is 11.2. The van der Waals surface area contributed by atoms with Gasteiger partial charge in [-0.25, -0.2) is 14.6 Å². The van der Waals surface area contributed by atoms with Crippen LogP contribution in [0, 0.1) is 0 Å². The van der Waals surface area contributed by atoms with Crippen molar-refractivity contribution in [3.63, 3.8) is 0 Å². The maximum Gasteiger partial charge on any atom is 0.407 e. The van der Waals surface area contributed by atoms with Crippen LogP contribution in [0.25, 0.3) is 0 Å². The van der Waals surface area contributed by atoms with E-state index in [2.05, 4.69) is 15.6 Å². The number of anilines is 1. The molecule has 7 N–H and O–H groups in total. The molecule has 0 aromatic heterocycles. The minimum Gasteiger partial charge on any atom is -0.480 e. The first-order valence-corrected chi connectivity index (χ1v) is 10.0. The van der Waals surface area contributed by atoms with E-state index in [0.717, 1.165) is 0 Å². The Morgan fingerprint density at radius 1 is 1.19 bits per heavy atom. The van der Waals surface area contributed by atoms with Crippen LogP contribution in [0.5, 0.6) is 0 Å². The molecule has 0 spiro atoms. The standard InChI is InChI=1S/C21H24ClN5O5/c1-2-8-32-21(31)27-17(19(29)30)10-12-6-7-16(15(22)9-12)26-18(28)13-4-3-5-14(11-13)25-20(23)24/h3-7,9,11,17H,2,8,10H2,1H3,(H,26,28)(H,27,31)(H,29,30)(H4,23,24,25)/t17-/m0/s1. The number of ether oxygens (including phenoxy) is 1. The zero-order valence-electron chi connectivity index (χ0n) is 17.3. The molecule has 2 aromatic rings. The number of carbonyl (C=O) groups excluding carboxylic acids is 2. The summed E-state index contributed by atoms with van der Waals surface area (Å²) < 4.78 is 4.86. The Kier molecular flexibility index (Phi) is 8.84. The molecule has 0 fully saturated rings. The Morgan fingerprint density at radius 3 is 2.56 bits per heavy atom. The van der Waals surface area contributed by atoms with E-state index in [4.69, 9.17) is 27.8 Å². The summed E-state index contributed by atoms with van der Waals surface area (Å²) >= 11 is 6.27. The summed E-state index contributed by atoms with van der Waals surface area (Å²) in [5, 5.41) is 14.6. The Hall–Kier alpha value is -3.79. The fourth-order valence-electron chi connectivity index (χ4n) is 2.66. The summed E-state index contributed by atoms with van der Waals surface area (Å²) in [6.45, 7) is 2.01. The van der Waals surface area contributed by atoms with E-state index in [1.807, 2.05) is 6.92 Å². The van der Waals surface area contributed by atoms with Gasteiger partial charge in [0.1, 0.15) is 6.04 Å². The number of halogens is 1. The van der Waals surface area contributed by atoms with E-state index in [-0.39, 0.29) is 24.0 Å². The van der Waals surface area contributed by atoms with Crippen molar-refractivity contribution in [3.05, 3.63) is 58.6 Å². The van der Waals surface area contributed by atoms with Crippen molar-refractivity contribution >= 4 is 46.9 Å². The van der Waals surface area contributed by atoms with Crippen LogP contribution in [-0.2, 0) is 16.0 Å². The average molecular weight is 462 g/mol. The Morgan fingerprint density at radius 2 is 1.94 bits per heavy atom. The predicted octanol–water partition coefficient (Wildman–Crippen LogP) is 2.63. The molecule has 0 radical (unpaired) electrons. The second-order valence-electron chi connectivity index (χ2n) is 6.73. The summed E-state index contributed by atoms with van der Waals surface area (Å²) in [7, 11) is 0. The van der Waals surface area contributed by atoms with Crippen molar-refractivity contribution in [2.75, 3.05) is 11.9 Å². The largest absolute Gasteiger partial charge is 0.480 e. The first kappa shape index (κ1) is 24.5. The molecule has 0 aliphatic heterocycles. The van der Waals surface area contributed by atoms with Gasteiger partial charge in [0, 0.05) is 12.0 Å². The smallest absolute Gasteiger partial charge is 0.407 e. The molecule has 2 amide bonds. The number of nitrogens with zero attached hydrogens (tertiary/aromatic N) is 1. The van der Waals surface area contributed by atoms with Gasteiger partial charge in [-0.1, -0.05) is 30.7 Å². The number of aliphatic imine (C=N–C) groups is 1. The fraction of sp³-hybridized carbons (Fsp3) is 0.238. The fourth-order valence-corrected chi connectivity index (χ4v) is 2.91. The second-order valence-corrected chi connectivity index (χ2v) is 7.14. The minimum absolute atomic E-state index is 0.0228. The van der Waals surface area contributed by atoms with E-state index in [9.17, 15) is 19.5 Å². The van der Waals surface area contributed by atoms with Crippen molar-refractivity contribution in [2.45, 2.75) is 25.8 Å². The van der Waals surface area contributed by atoms with Crippen molar-refractivity contribution < 1.29 is 24.2 Å². The number of hydrogen-bond acceptors (Lipinski definition) is 5. The third-order valence-corrected chi connectivity index (χ3v) is 4.43. The molecule has 0 saturated carbocycles. The van der Waals surface area contributed by atoms with Crippen LogP contribution in [0.3, 0.4) is 0 Å². The number of amides is 2. The van der Waals surface area contributed by atoms with Crippen LogP contribution >= 0.6 is 11.6 Å². The van der Waals surface area contributed by atoms with Crippen molar-refractivity contribution in [2.24, 2.45) is 16.5 Å². The summed E-state index contributed by atoms with van der Waals surface area (Å²) in [4.78, 5) is 39.6. The summed E-state index contributed by atoms with van der Waals surface area (Å²) in [5.41, 5.74) is 12.3. The number of alkyl carbamates (subject to hydrolysis) is 1. The lowest BCUT2D eigenvalue weighted by molar-refractivity contribution is -0.139. The third-order valence-electron chi connectivity index (χ3n) is 4.12. The Bertz CT molecular complexity index is 1020. The van der Waals surface area contributed by atoms with Gasteiger partial charge in [0.25, 0.3) is 5.91 Å². The van der Waals surface area contributed by atoms with Crippen molar-refractivity contribution in [1.82, 2.24) is 5.32 Å². The number of carboxylic acid groups (broad SMARTS) is 1. The number of rotatable bonds is 9. The van der Waals surface area contributed by atoms with Gasteiger partial charge in [0.05, 0.1) is 23.0 Å². The van der Waals surface area contributed by atoms with Gasteiger partial charge in [-0.3, -0.25) is 4.79 Å². The molecule has 0 aliphatic carbocycles. The molecular formula is C21H24ClN5O5. The number of nitrogens with two attached hydrogens (primary N) is 2. The molecule has 0 heterocycles. The quantitative estimate of drug-likeness (QED) is 0.282. The lowest BCUT2D eigenvalue weighted by atomic mass is 10.1. The van der Waals surface area contributed by atoms with Gasteiger partial charge in [-0.05, 0) is 42.3 Å². The molecule has 0 bridgehead atoms. The minimum atomic E-state index is -1.22. The number of nitrogens with one attached hydrogen (secondary N) is 2. The maximum atomic E-state index is 12.5. The van der Waals surface area contributed by atoms with Gasteiger partial charge in [-0.15, -0.1) is 0 Å². The second kappa shape index (κ2) is 11.6. The monoisotopic (exact) mass is 461 g/mol. The average Bonchev–Trinajstić information content (AvgIpc) is 2.73. The number of aliphatic carboxylic acids is 1. The zero-order valence-corrected chi connectivity index (χ0v) is 18.1. The van der Waals surface area contributed by atoms with Crippen molar-refractivity contribution in [1.29, 1.82) is 0 Å². The molecule has 0 unspecified atom stereocenters. The molecule has 11 heteroatoms. The molecule has 0 saturated heterocycles. The van der Waals surface area contributed by atoms with E-state index < -0.39 is 24.0 Å². The Labute approximate surface area is 189 Å². The summed E-state index contributed by atoms with van der Waals surface area (Å²) in [6, 6.07) is 9.84. The number of hydrogen-bond donors (Lipinski definition) is 5. The molecule has 10 nitrogen and oxygen atoms in total. The molecule has 170 valence electrons. The number of guanidine groups is 1. The first-order chi connectivity index (χ1) is 15.2. The first-order valence-electron chi connectivity index (χ1n) is 9.65. The molecular weight excluding hydrogens is 438 g/mol. The summed E-state index contributed by atoms with van der Waals surface area (Å²) in [5.74, 6) is -1.78. The zero-order chi connectivity index (χ0) is 23.7. The van der Waals surface area contributed by atoms with E-state index >= 15 is 0 Å². The topological polar surface area (TPSA) is 169 Å². The van der Waals surface area contributed by atoms with Crippen molar-refractivity contribution in [3.8, 4) is 0 Å². The molecule has 2 aromatic carbocycles. The van der Waals surface area contributed by atoms with Crippen LogP contribution in [0.4, 0.5) is 16.2 Å². The van der Waals surface area contributed by atoms with Crippen LogP contribution < -0.4 is 22.1 Å². The molecule has 32 heavy (non-hydrogen) atoms. The van der Waals surface area contributed by atoms with Crippen LogP contribution in [0.2, 0.25) is 5.02 Å². The van der Waals surface area contributed by atoms with Crippen LogP contribution in [0.15, 0.2) is 47.5 Å². The number of carboxylic acids is 1. The highest BCUT2D eigenvalue weighted by molar-refractivity contribution is 6.34. The molecule has 0 aliphatic rings. The molecule has 2 rings (SSSR count). The molecule has 1 atom stereocenters. The SMILES string of the molecule is CCCOC(=O)N[C@@H](Cc1ccc(NC(=O)c2cccc(N=C(N)N)c2)c(Cl)c1)C(=O)O. The summed E-state index contributed by atoms with van der Waals surface area (Å²) in [6.07, 6.45) is -0.213. The third kappa shape index (κ3) is 7.47. The highest BCUT2D eigenvalue weighted by Crippen LogP contribution is 2.25. The lowest BCUT2D eigenvalue weighted by Crippen LogP contribution is -2.42. The van der Waals surface area contributed by atoms with Gasteiger partial charge >= 0.3 is 12.1 Å². The highest BCUT2D eigenvalue weighted by atomic mass is 35.5. The van der Waals surface area contributed by atoms with E-state index in [1.54, 1.807) is 30.3 Å².